The largest absolute Gasteiger partial charge is 0.508 e. The van der Waals surface area contributed by atoms with Crippen LogP contribution in [-0.2, 0) is 25.6 Å². The molecule has 0 aliphatic heterocycles. The van der Waals surface area contributed by atoms with E-state index < -0.39 is 48.4 Å². The van der Waals surface area contributed by atoms with Crippen molar-refractivity contribution in [2.24, 2.45) is 22.2 Å². The molecule has 200 valence electrons. The number of carboxylic acids is 1. The first-order chi connectivity index (χ1) is 17.0. The van der Waals surface area contributed by atoms with E-state index in [2.05, 4.69) is 20.9 Å². The number of aliphatic carboxylic acids is 1. The second-order valence-corrected chi connectivity index (χ2v) is 8.93. The van der Waals surface area contributed by atoms with Gasteiger partial charge in [-0.15, -0.1) is 0 Å². The lowest BCUT2D eigenvalue weighted by atomic mass is 10.0. The number of carbonyl (C=O) groups is 4. The molecule has 0 saturated carbocycles. The molecule has 3 amide bonds. The van der Waals surface area contributed by atoms with Gasteiger partial charge in [0.05, 0.1) is 6.04 Å². The van der Waals surface area contributed by atoms with Crippen molar-refractivity contribution in [3.8, 4) is 5.75 Å². The minimum absolute atomic E-state index is 0.0406. The molecule has 0 heterocycles. The van der Waals surface area contributed by atoms with E-state index >= 15 is 0 Å². The lowest BCUT2D eigenvalue weighted by molar-refractivity contribution is -0.138. The zero-order valence-electron chi connectivity index (χ0n) is 20.1. The van der Waals surface area contributed by atoms with Gasteiger partial charge in [-0.1, -0.05) is 12.1 Å². The molecule has 1 aromatic rings. The van der Waals surface area contributed by atoms with Crippen molar-refractivity contribution in [1.82, 2.24) is 16.0 Å². The van der Waals surface area contributed by atoms with Crippen LogP contribution in [0, 0.1) is 0 Å². The highest BCUT2D eigenvalue weighted by Crippen LogP contribution is 2.12. The van der Waals surface area contributed by atoms with Gasteiger partial charge in [0.25, 0.3) is 0 Å². The summed E-state index contributed by atoms with van der Waals surface area (Å²) in [6.07, 6.45) is 2.86. The van der Waals surface area contributed by atoms with E-state index in [1.165, 1.54) is 23.9 Å². The van der Waals surface area contributed by atoms with E-state index in [9.17, 15) is 24.3 Å². The molecule has 3 unspecified atom stereocenters. The first-order valence-corrected chi connectivity index (χ1v) is 12.6. The minimum Gasteiger partial charge on any atom is -0.508 e. The summed E-state index contributed by atoms with van der Waals surface area (Å²) < 4.78 is 0. The Kier molecular flexibility index (Phi) is 13.7. The summed E-state index contributed by atoms with van der Waals surface area (Å²) in [5.74, 6) is -2.58. The van der Waals surface area contributed by atoms with Crippen LogP contribution in [0.3, 0.4) is 0 Å². The van der Waals surface area contributed by atoms with Crippen molar-refractivity contribution in [2.75, 3.05) is 25.1 Å². The van der Waals surface area contributed by atoms with Gasteiger partial charge in [-0.2, -0.15) is 11.8 Å². The summed E-state index contributed by atoms with van der Waals surface area (Å²) in [5, 5.41) is 25.8. The number of carbonyl (C=O) groups excluding carboxylic acids is 3. The van der Waals surface area contributed by atoms with Crippen molar-refractivity contribution in [1.29, 1.82) is 0 Å². The van der Waals surface area contributed by atoms with Gasteiger partial charge < -0.3 is 43.4 Å². The Balaban J connectivity index is 2.97. The number of aliphatic imine (C=N–C) groups is 1. The molecule has 0 aliphatic rings. The van der Waals surface area contributed by atoms with E-state index in [1.54, 1.807) is 12.1 Å². The smallest absolute Gasteiger partial charge is 0.322 e. The fourth-order valence-electron chi connectivity index (χ4n) is 3.07. The Hall–Kier alpha value is -3.52. The normalized spacial score (nSPS) is 13.1. The van der Waals surface area contributed by atoms with Gasteiger partial charge in [0.2, 0.25) is 17.7 Å². The highest BCUT2D eigenvalue weighted by molar-refractivity contribution is 7.98. The number of benzene rings is 1. The third-order valence-electron chi connectivity index (χ3n) is 4.97. The average Bonchev–Trinajstić information content (AvgIpc) is 2.83. The zero-order chi connectivity index (χ0) is 27.1. The summed E-state index contributed by atoms with van der Waals surface area (Å²) in [6, 6.07) is 3.07. The highest BCUT2D eigenvalue weighted by Gasteiger charge is 2.28. The molecule has 0 aromatic heterocycles. The Labute approximate surface area is 213 Å². The van der Waals surface area contributed by atoms with Gasteiger partial charge in [-0.3, -0.25) is 24.2 Å². The fraction of sp³-hybridized carbons (Fsp3) is 0.500. The second-order valence-electron chi connectivity index (χ2n) is 7.94. The summed E-state index contributed by atoms with van der Waals surface area (Å²) in [5.41, 5.74) is 17.2. The number of nitrogens with two attached hydrogens (primary N) is 3. The van der Waals surface area contributed by atoms with Gasteiger partial charge in [-0.05, 0) is 49.0 Å². The van der Waals surface area contributed by atoms with Gasteiger partial charge in [-0.25, -0.2) is 0 Å². The first-order valence-electron chi connectivity index (χ1n) is 11.2. The zero-order valence-corrected chi connectivity index (χ0v) is 20.9. The number of amides is 3. The number of carboxylic acid groups (broad SMARTS) is 1. The van der Waals surface area contributed by atoms with E-state index in [-0.39, 0.29) is 31.0 Å². The van der Waals surface area contributed by atoms with Crippen LogP contribution in [0.25, 0.3) is 0 Å². The lowest BCUT2D eigenvalue weighted by Crippen LogP contribution is -2.56. The van der Waals surface area contributed by atoms with E-state index in [4.69, 9.17) is 22.3 Å². The lowest BCUT2D eigenvalue weighted by Gasteiger charge is -2.24. The van der Waals surface area contributed by atoms with Crippen LogP contribution in [0.5, 0.6) is 5.75 Å². The van der Waals surface area contributed by atoms with Crippen molar-refractivity contribution in [2.45, 2.75) is 43.8 Å². The maximum absolute atomic E-state index is 13.2. The molecule has 0 aliphatic carbocycles. The van der Waals surface area contributed by atoms with Crippen LogP contribution in [0.2, 0.25) is 0 Å². The maximum atomic E-state index is 13.2. The average molecular weight is 526 g/mol. The molecule has 0 radical (unpaired) electrons. The van der Waals surface area contributed by atoms with Gasteiger partial charge in [0, 0.05) is 13.0 Å². The van der Waals surface area contributed by atoms with Crippen molar-refractivity contribution < 1.29 is 29.4 Å². The third kappa shape index (κ3) is 12.3. The number of guanidine groups is 1. The second kappa shape index (κ2) is 16.2. The van der Waals surface area contributed by atoms with E-state index in [1.807, 2.05) is 6.26 Å². The Morgan fingerprint density at radius 1 is 1.00 bits per heavy atom. The van der Waals surface area contributed by atoms with Gasteiger partial charge in [0.1, 0.15) is 24.4 Å². The number of phenolic OH excluding ortho intramolecular Hbond substituents is 1. The molecule has 3 atom stereocenters. The standard InChI is InChI=1S/C22H35N7O6S/c1-36-10-8-16(20(34)27-12-18(31)32)28-21(35)17(11-13-4-6-14(30)7-5-13)29-19(33)15(23)3-2-9-26-22(24)25/h4-7,15-17,30H,2-3,8-12,23H2,1H3,(H,27,34)(H,28,35)(H,29,33)(H,31,32)(H4,24,25,26). The topological polar surface area (TPSA) is 235 Å². The summed E-state index contributed by atoms with van der Waals surface area (Å²) in [4.78, 5) is 53.0. The number of thioether (sulfide) groups is 1. The van der Waals surface area contributed by atoms with Crippen LogP contribution in [0.1, 0.15) is 24.8 Å². The van der Waals surface area contributed by atoms with Gasteiger partial charge in [0.15, 0.2) is 5.96 Å². The summed E-state index contributed by atoms with van der Waals surface area (Å²) in [7, 11) is 0. The predicted molar refractivity (Wildman–Crippen MR) is 137 cm³/mol. The molecular formula is C22H35N7O6S. The van der Waals surface area contributed by atoms with Gasteiger partial charge >= 0.3 is 5.97 Å². The molecule has 0 fully saturated rings. The van der Waals surface area contributed by atoms with Crippen LogP contribution in [-0.4, -0.2) is 83.1 Å². The molecule has 11 N–H and O–H groups in total. The highest BCUT2D eigenvalue weighted by atomic mass is 32.2. The fourth-order valence-corrected chi connectivity index (χ4v) is 3.54. The molecule has 0 spiro atoms. The van der Waals surface area contributed by atoms with Crippen LogP contribution in [0.15, 0.2) is 29.3 Å². The SMILES string of the molecule is CSCCC(NC(=O)C(Cc1ccc(O)cc1)NC(=O)C(N)CCCN=C(N)N)C(=O)NCC(=O)O. The van der Waals surface area contributed by atoms with Crippen molar-refractivity contribution in [3.63, 3.8) is 0 Å². The number of nitrogens with one attached hydrogen (secondary N) is 3. The van der Waals surface area contributed by atoms with Crippen LogP contribution in [0.4, 0.5) is 0 Å². The number of phenols is 1. The van der Waals surface area contributed by atoms with Crippen LogP contribution < -0.4 is 33.2 Å². The Bertz CT molecular complexity index is 909. The predicted octanol–water partition coefficient (Wildman–Crippen LogP) is -1.76. The molecule has 36 heavy (non-hydrogen) atoms. The number of nitrogens with zero attached hydrogens (tertiary/aromatic N) is 1. The maximum Gasteiger partial charge on any atom is 0.322 e. The van der Waals surface area contributed by atoms with Crippen molar-refractivity contribution in [3.05, 3.63) is 29.8 Å². The summed E-state index contributed by atoms with van der Waals surface area (Å²) >= 11 is 1.45. The van der Waals surface area contributed by atoms with E-state index in [0.717, 1.165) is 0 Å². The quantitative estimate of drug-likeness (QED) is 0.0687. The molecular weight excluding hydrogens is 490 g/mol. The summed E-state index contributed by atoms with van der Waals surface area (Å²) in [6.45, 7) is -0.295. The number of hydrogen-bond donors (Lipinski definition) is 8. The molecule has 1 aromatic carbocycles. The Morgan fingerprint density at radius 2 is 1.64 bits per heavy atom. The molecule has 0 bridgehead atoms. The molecule has 1 rings (SSSR count). The number of hydrogen-bond acceptors (Lipinski definition) is 8. The molecule has 14 heteroatoms. The van der Waals surface area contributed by atoms with Crippen LogP contribution >= 0.6 is 11.8 Å². The van der Waals surface area contributed by atoms with E-state index in [0.29, 0.717) is 24.3 Å². The minimum atomic E-state index is -1.22. The monoisotopic (exact) mass is 525 g/mol. The molecule has 13 nitrogen and oxygen atoms in total. The van der Waals surface area contributed by atoms with Crippen molar-refractivity contribution >= 4 is 41.4 Å². The Morgan fingerprint density at radius 3 is 2.22 bits per heavy atom. The first kappa shape index (κ1) is 30.5. The number of rotatable bonds is 16. The number of aromatic hydroxyl groups is 1. The molecule has 0 saturated heterocycles. The third-order valence-corrected chi connectivity index (χ3v) is 5.61.